The van der Waals surface area contributed by atoms with Crippen molar-refractivity contribution in [1.29, 1.82) is 0 Å². The van der Waals surface area contributed by atoms with Gasteiger partial charge in [0.1, 0.15) is 0 Å². The molecular weight excluding hydrogens is 270 g/mol. The van der Waals surface area contributed by atoms with E-state index in [0.717, 1.165) is 0 Å². The van der Waals surface area contributed by atoms with Gasteiger partial charge in [-0.1, -0.05) is 24.4 Å². The van der Waals surface area contributed by atoms with Crippen molar-refractivity contribution < 1.29 is 78.9 Å². The Kier molecular flexibility index (Phi) is 17.5. The second-order valence-corrected chi connectivity index (χ2v) is 3.83. The van der Waals surface area contributed by atoms with Gasteiger partial charge in [0.2, 0.25) is 0 Å². The van der Waals surface area contributed by atoms with Gasteiger partial charge < -0.3 is 19.8 Å². The molecule has 0 N–H and O–H groups in total. The molecule has 16 heavy (non-hydrogen) atoms. The van der Waals surface area contributed by atoms with Crippen molar-refractivity contribution in [3.63, 3.8) is 0 Å². The molecule has 0 heterocycles. The van der Waals surface area contributed by atoms with Crippen LogP contribution in [0.4, 0.5) is 0 Å². The van der Waals surface area contributed by atoms with Crippen LogP contribution in [-0.4, -0.2) is 21.7 Å². The Balaban J connectivity index is -0.000000845. The van der Waals surface area contributed by atoms with Gasteiger partial charge in [-0.3, -0.25) is 0 Å². The topological polar surface area (TPSA) is 80.3 Å². The Bertz CT molecular complexity index is 253. The predicted molar refractivity (Wildman–Crippen MR) is 53.7 cm³/mol. The Labute approximate surface area is 149 Å². The summed E-state index contributed by atoms with van der Waals surface area (Å²) < 4.78 is 0. The van der Waals surface area contributed by atoms with Crippen molar-refractivity contribution in [3.8, 4) is 0 Å². The second kappa shape index (κ2) is 12.6. The van der Waals surface area contributed by atoms with Crippen LogP contribution in [0.1, 0.15) is 25.7 Å². The molecule has 4 nitrogen and oxygen atoms in total. The number of carbonyl (C=O) groups is 2. The molecule has 0 aromatic heterocycles. The quantitative estimate of drug-likeness (QED) is 0.340. The summed E-state index contributed by atoms with van der Waals surface area (Å²) >= 11 is 9.44. The minimum Gasteiger partial charge on any atom is -0.550 e. The third kappa shape index (κ3) is 15.1. The van der Waals surface area contributed by atoms with E-state index in [1.807, 2.05) is 0 Å². The maximum atomic E-state index is 10.1. The number of carboxylic acid groups (broad SMARTS) is 2. The first kappa shape index (κ1) is 22.3. The zero-order valence-electron chi connectivity index (χ0n) is 9.28. The summed E-state index contributed by atoms with van der Waals surface area (Å²) in [6, 6.07) is 0. The van der Waals surface area contributed by atoms with Crippen LogP contribution in [0.5, 0.6) is 0 Å². The molecule has 0 aromatic carbocycles. The molecule has 0 aliphatic carbocycles. The molecule has 0 radical (unpaired) electrons. The minimum atomic E-state index is -1.24. The third-order valence-electron chi connectivity index (χ3n) is 1.37. The summed E-state index contributed by atoms with van der Waals surface area (Å²) in [5.74, 6) is -2.47. The van der Waals surface area contributed by atoms with Crippen molar-refractivity contribution in [2.45, 2.75) is 25.7 Å². The smallest absolute Gasteiger partial charge is 0.550 e. The number of hydrogen-bond acceptors (Lipinski definition) is 6. The van der Waals surface area contributed by atoms with Crippen molar-refractivity contribution >= 4 is 46.1 Å². The molecule has 0 aliphatic heterocycles. The van der Waals surface area contributed by atoms with E-state index in [0.29, 0.717) is 22.6 Å². The van der Waals surface area contributed by atoms with E-state index in [1.165, 1.54) is 0 Å². The molecule has 0 spiro atoms. The van der Waals surface area contributed by atoms with Gasteiger partial charge in [0.15, 0.2) is 0 Å². The largest absolute Gasteiger partial charge is 1.00 e. The first-order valence-electron chi connectivity index (χ1n) is 3.85. The predicted octanol–water partition coefficient (Wildman–Crippen LogP) is -7.21. The van der Waals surface area contributed by atoms with Crippen molar-refractivity contribution in [2.24, 2.45) is 0 Å². The molecule has 78 valence electrons. The van der Waals surface area contributed by atoms with Crippen LogP contribution in [0.25, 0.3) is 0 Å². The van der Waals surface area contributed by atoms with Gasteiger partial charge >= 0.3 is 59.1 Å². The second-order valence-electron chi connectivity index (χ2n) is 2.67. The van der Waals surface area contributed by atoms with E-state index in [2.05, 4.69) is 0 Å². The summed E-state index contributed by atoms with van der Waals surface area (Å²) in [6.07, 6.45) is 0.0252. The van der Waals surface area contributed by atoms with Gasteiger partial charge in [-0.15, -0.1) is 0 Å². The molecule has 0 rings (SSSR count). The van der Waals surface area contributed by atoms with Crippen molar-refractivity contribution in [2.75, 3.05) is 0 Å². The average molecular weight is 278 g/mol. The summed E-state index contributed by atoms with van der Waals surface area (Å²) in [6.45, 7) is 0. The zero-order valence-corrected chi connectivity index (χ0v) is 14.9. The SMILES string of the molecule is O=C([O-])CC(=S)CCC(=S)CC(=O)[O-].[Na+].[Na+]. The molecular formula is C8H8Na2O4S2. The molecule has 0 amide bonds. The van der Waals surface area contributed by atoms with E-state index < -0.39 is 11.9 Å². The Morgan fingerprint density at radius 1 is 0.812 bits per heavy atom. The number of carbonyl (C=O) groups excluding carboxylic acids is 2. The Morgan fingerprint density at radius 3 is 1.25 bits per heavy atom. The van der Waals surface area contributed by atoms with E-state index in [-0.39, 0.29) is 72.0 Å². The van der Waals surface area contributed by atoms with Crippen LogP contribution < -0.4 is 69.3 Å². The molecule has 0 atom stereocenters. The van der Waals surface area contributed by atoms with E-state index >= 15 is 0 Å². The number of aliphatic carboxylic acids is 2. The van der Waals surface area contributed by atoms with Crippen LogP contribution in [0, 0.1) is 0 Å². The molecule has 0 aromatic rings. The summed E-state index contributed by atoms with van der Waals surface area (Å²) in [5.41, 5.74) is 0. The molecule has 0 fully saturated rings. The minimum absolute atomic E-state index is 0. The summed E-state index contributed by atoms with van der Waals surface area (Å²) in [4.78, 5) is 20.8. The van der Waals surface area contributed by atoms with Gasteiger partial charge in [0.25, 0.3) is 0 Å². The normalized spacial score (nSPS) is 8.25. The zero-order chi connectivity index (χ0) is 11.1. The molecule has 8 heteroatoms. The van der Waals surface area contributed by atoms with Gasteiger partial charge in [0.05, 0.1) is 0 Å². The fourth-order valence-electron chi connectivity index (χ4n) is 0.778. The fourth-order valence-corrected chi connectivity index (χ4v) is 1.22. The summed E-state index contributed by atoms with van der Waals surface area (Å²) in [5, 5.41) is 20.2. The summed E-state index contributed by atoms with van der Waals surface area (Å²) in [7, 11) is 0. The number of carboxylic acids is 2. The van der Waals surface area contributed by atoms with Crippen molar-refractivity contribution in [1.82, 2.24) is 0 Å². The van der Waals surface area contributed by atoms with Crippen molar-refractivity contribution in [3.05, 3.63) is 0 Å². The van der Waals surface area contributed by atoms with E-state index in [9.17, 15) is 19.8 Å². The van der Waals surface area contributed by atoms with Crippen LogP contribution in [0.3, 0.4) is 0 Å². The molecule has 0 aliphatic rings. The van der Waals surface area contributed by atoms with Gasteiger partial charge in [0, 0.05) is 24.8 Å². The van der Waals surface area contributed by atoms with Crippen LogP contribution in [0.15, 0.2) is 0 Å². The van der Waals surface area contributed by atoms with Crippen LogP contribution >= 0.6 is 24.4 Å². The van der Waals surface area contributed by atoms with Gasteiger partial charge in [-0.05, 0) is 22.6 Å². The van der Waals surface area contributed by atoms with E-state index in [4.69, 9.17) is 24.4 Å². The van der Waals surface area contributed by atoms with Gasteiger partial charge in [-0.25, -0.2) is 0 Å². The maximum Gasteiger partial charge on any atom is 1.00 e. The third-order valence-corrected chi connectivity index (χ3v) is 2.06. The first-order chi connectivity index (χ1) is 6.41. The molecule has 0 saturated carbocycles. The number of rotatable bonds is 7. The van der Waals surface area contributed by atoms with Crippen LogP contribution in [0.2, 0.25) is 0 Å². The monoisotopic (exact) mass is 278 g/mol. The molecule has 0 saturated heterocycles. The van der Waals surface area contributed by atoms with Gasteiger partial charge in [-0.2, -0.15) is 0 Å². The average Bonchev–Trinajstić information content (AvgIpc) is 1.98. The fraction of sp³-hybridized carbons (Fsp3) is 0.500. The standard InChI is InChI=1S/C8H10O4S2.2Na/c9-7(10)3-5(13)1-2-6(14)4-8(11)12;;/h1-4H2,(H,9,10)(H,11,12);;/q;2*+1/p-2. The van der Waals surface area contributed by atoms with Crippen LogP contribution in [-0.2, 0) is 9.59 Å². The Hall–Kier alpha value is 1.12. The first-order valence-corrected chi connectivity index (χ1v) is 4.66. The number of hydrogen-bond donors (Lipinski definition) is 0. The molecule has 0 unspecified atom stereocenters. The molecule has 0 bridgehead atoms. The number of thiocarbonyl (C=S) groups is 2. The Morgan fingerprint density at radius 2 is 1.06 bits per heavy atom. The maximum absolute atomic E-state index is 10.1. The van der Waals surface area contributed by atoms with E-state index in [1.54, 1.807) is 0 Å².